The number of hydrogen-bond donors (Lipinski definition) is 2. The number of anilines is 2. The number of nitrogens with zero attached hydrogens (tertiary/aromatic N) is 2. The number of H-pyrrole nitrogens is 1. The van der Waals surface area contributed by atoms with Gasteiger partial charge in [0.2, 0.25) is 0 Å². The third-order valence-electron chi connectivity index (χ3n) is 6.57. The molecule has 0 unspecified atom stereocenters. The third kappa shape index (κ3) is 3.63. The molecular formula is C27H24N4O2. The first kappa shape index (κ1) is 19.6. The van der Waals surface area contributed by atoms with Crippen LogP contribution in [0.2, 0.25) is 0 Å². The fourth-order valence-corrected chi connectivity index (χ4v) is 5.01. The van der Waals surface area contributed by atoms with Gasteiger partial charge < -0.3 is 14.6 Å². The van der Waals surface area contributed by atoms with Gasteiger partial charge in [0.25, 0.3) is 0 Å². The van der Waals surface area contributed by atoms with Crippen molar-refractivity contribution in [1.29, 1.82) is 0 Å². The highest BCUT2D eigenvalue weighted by atomic mass is 16.5. The molecular weight excluding hydrogens is 412 g/mol. The quantitative estimate of drug-likeness (QED) is 0.443. The van der Waals surface area contributed by atoms with Crippen molar-refractivity contribution in [2.45, 2.75) is 18.9 Å². The second-order valence-corrected chi connectivity index (χ2v) is 8.53. The number of ether oxygens (including phenoxy) is 1. The van der Waals surface area contributed by atoms with E-state index >= 15 is 0 Å². The van der Waals surface area contributed by atoms with Gasteiger partial charge in [-0.1, -0.05) is 54.6 Å². The summed E-state index contributed by atoms with van der Waals surface area (Å²) in [5, 5.41) is 2.91. The molecule has 0 saturated carbocycles. The van der Waals surface area contributed by atoms with Gasteiger partial charge in [-0.2, -0.15) is 0 Å². The van der Waals surface area contributed by atoms with Gasteiger partial charge in [0, 0.05) is 30.0 Å². The Hall–Kier alpha value is -4.06. The standard InChI is InChI=1S/C27H24N4O2/c32-27(33-16-25-23-7-3-1-5-21(23)22-6-2-4-8-24(22)25)30-19-10-9-18-11-12-31(26(18)13-19)15-20-14-28-17-29-20/h1-10,13-14,17,25H,11-12,15-16H2,(H,28,29)(H,30,32). The first-order valence-corrected chi connectivity index (χ1v) is 11.2. The van der Waals surface area contributed by atoms with Crippen molar-refractivity contribution in [2.75, 3.05) is 23.4 Å². The van der Waals surface area contributed by atoms with E-state index in [0.717, 1.165) is 36.6 Å². The lowest BCUT2D eigenvalue weighted by molar-refractivity contribution is 0.158. The molecule has 0 bridgehead atoms. The first-order chi connectivity index (χ1) is 16.3. The number of aromatic nitrogens is 2. The van der Waals surface area contributed by atoms with Crippen LogP contribution in [0.1, 0.15) is 28.3 Å². The third-order valence-corrected chi connectivity index (χ3v) is 6.57. The number of rotatable bonds is 5. The molecule has 2 heterocycles. The first-order valence-electron chi connectivity index (χ1n) is 11.2. The number of imidazole rings is 1. The smallest absolute Gasteiger partial charge is 0.411 e. The number of amides is 1. The number of nitrogens with one attached hydrogen (secondary N) is 2. The minimum absolute atomic E-state index is 0.0486. The van der Waals surface area contributed by atoms with Gasteiger partial charge in [0.1, 0.15) is 6.61 Å². The monoisotopic (exact) mass is 436 g/mol. The molecule has 0 radical (unpaired) electrons. The van der Waals surface area contributed by atoms with Crippen LogP contribution in [0.25, 0.3) is 11.1 Å². The molecule has 1 aromatic heterocycles. The zero-order valence-corrected chi connectivity index (χ0v) is 18.1. The molecule has 1 aliphatic heterocycles. The highest BCUT2D eigenvalue weighted by molar-refractivity contribution is 5.86. The highest BCUT2D eigenvalue weighted by Gasteiger charge is 2.29. The Morgan fingerprint density at radius 2 is 1.82 bits per heavy atom. The molecule has 6 rings (SSSR count). The van der Waals surface area contributed by atoms with E-state index in [9.17, 15) is 4.79 Å². The van der Waals surface area contributed by atoms with E-state index in [-0.39, 0.29) is 5.92 Å². The largest absolute Gasteiger partial charge is 0.448 e. The summed E-state index contributed by atoms with van der Waals surface area (Å²) in [5.74, 6) is 0.0486. The summed E-state index contributed by atoms with van der Waals surface area (Å²) >= 11 is 0. The maximum Gasteiger partial charge on any atom is 0.411 e. The number of benzene rings is 3. The Morgan fingerprint density at radius 3 is 2.55 bits per heavy atom. The van der Waals surface area contributed by atoms with E-state index in [0.29, 0.717) is 6.61 Å². The van der Waals surface area contributed by atoms with Gasteiger partial charge in [-0.3, -0.25) is 5.32 Å². The molecule has 1 amide bonds. The zero-order chi connectivity index (χ0) is 22.2. The number of carbonyl (C=O) groups is 1. The minimum atomic E-state index is -0.436. The lowest BCUT2D eigenvalue weighted by Crippen LogP contribution is -2.20. The van der Waals surface area contributed by atoms with Crippen molar-refractivity contribution >= 4 is 17.5 Å². The summed E-state index contributed by atoms with van der Waals surface area (Å²) in [5.41, 5.74) is 9.00. The zero-order valence-electron chi connectivity index (χ0n) is 18.1. The van der Waals surface area contributed by atoms with Crippen LogP contribution in [0.3, 0.4) is 0 Å². The van der Waals surface area contributed by atoms with Crippen LogP contribution < -0.4 is 10.2 Å². The fraction of sp³-hybridized carbons (Fsp3) is 0.185. The molecule has 0 spiro atoms. The van der Waals surface area contributed by atoms with Crippen molar-refractivity contribution in [3.8, 4) is 11.1 Å². The van der Waals surface area contributed by atoms with Crippen molar-refractivity contribution in [2.24, 2.45) is 0 Å². The molecule has 33 heavy (non-hydrogen) atoms. The van der Waals surface area contributed by atoms with Crippen molar-refractivity contribution in [3.05, 3.63) is 102 Å². The Bertz CT molecular complexity index is 1270. The predicted octanol–water partition coefficient (Wildman–Crippen LogP) is 5.33. The van der Waals surface area contributed by atoms with Crippen LogP contribution in [0.5, 0.6) is 0 Å². The number of aromatic amines is 1. The maximum atomic E-state index is 12.7. The summed E-state index contributed by atoms with van der Waals surface area (Å²) < 4.78 is 5.70. The summed E-state index contributed by atoms with van der Waals surface area (Å²) in [7, 11) is 0. The lowest BCUT2D eigenvalue weighted by Gasteiger charge is -2.19. The number of hydrogen-bond acceptors (Lipinski definition) is 4. The van der Waals surface area contributed by atoms with Crippen molar-refractivity contribution in [1.82, 2.24) is 9.97 Å². The minimum Gasteiger partial charge on any atom is -0.448 e. The van der Waals surface area contributed by atoms with Crippen LogP contribution in [0.15, 0.2) is 79.3 Å². The predicted molar refractivity (Wildman–Crippen MR) is 128 cm³/mol. The van der Waals surface area contributed by atoms with Gasteiger partial charge >= 0.3 is 6.09 Å². The topological polar surface area (TPSA) is 70.2 Å². The molecule has 0 atom stereocenters. The Kier molecular flexibility index (Phi) is 4.83. The molecule has 1 aliphatic carbocycles. The summed E-state index contributed by atoms with van der Waals surface area (Å²) in [6.45, 7) is 1.98. The van der Waals surface area contributed by atoms with Crippen LogP contribution in [-0.4, -0.2) is 29.2 Å². The van der Waals surface area contributed by atoms with Crippen LogP contribution in [-0.2, 0) is 17.7 Å². The molecule has 4 aromatic rings. The van der Waals surface area contributed by atoms with E-state index in [1.54, 1.807) is 6.33 Å². The van der Waals surface area contributed by atoms with E-state index in [1.165, 1.54) is 27.8 Å². The average Bonchev–Trinajstić information content (AvgIpc) is 3.57. The molecule has 0 saturated heterocycles. The Balaban J connectivity index is 1.14. The van der Waals surface area contributed by atoms with Crippen LogP contribution in [0, 0.1) is 0 Å². The summed E-state index contributed by atoms with van der Waals surface area (Å²) in [4.78, 5) is 22.3. The van der Waals surface area contributed by atoms with Crippen molar-refractivity contribution < 1.29 is 9.53 Å². The Morgan fingerprint density at radius 1 is 1.06 bits per heavy atom. The van der Waals surface area contributed by atoms with E-state index in [1.807, 2.05) is 30.5 Å². The normalized spacial score (nSPS) is 14.0. The van der Waals surface area contributed by atoms with Crippen LogP contribution in [0.4, 0.5) is 16.2 Å². The van der Waals surface area contributed by atoms with E-state index in [2.05, 4.69) is 62.6 Å². The second kappa shape index (κ2) is 8.13. The SMILES string of the molecule is O=C(Nc1ccc2c(c1)N(Cc1c[nH]cn1)CC2)OCC1c2ccccc2-c2ccccc21. The molecule has 2 N–H and O–H groups in total. The summed E-state index contributed by atoms with van der Waals surface area (Å²) in [6.07, 6.45) is 4.16. The van der Waals surface area contributed by atoms with Gasteiger partial charge in [-0.15, -0.1) is 0 Å². The molecule has 6 heteroatoms. The van der Waals surface area contributed by atoms with Gasteiger partial charge in [0.15, 0.2) is 0 Å². The van der Waals surface area contributed by atoms with Gasteiger partial charge in [-0.05, 0) is 46.4 Å². The van der Waals surface area contributed by atoms with E-state index < -0.39 is 6.09 Å². The number of fused-ring (bicyclic) bond motifs is 4. The maximum absolute atomic E-state index is 12.7. The molecule has 164 valence electrons. The molecule has 0 fully saturated rings. The molecule has 2 aliphatic rings. The Labute approximate surface area is 192 Å². The summed E-state index contributed by atoms with van der Waals surface area (Å²) in [6, 6.07) is 22.7. The average molecular weight is 437 g/mol. The van der Waals surface area contributed by atoms with Crippen LogP contribution >= 0.6 is 0 Å². The fourth-order valence-electron chi connectivity index (χ4n) is 5.01. The molecule has 6 nitrogen and oxygen atoms in total. The van der Waals surface area contributed by atoms with E-state index in [4.69, 9.17) is 4.74 Å². The second-order valence-electron chi connectivity index (χ2n) is 8.53. The van der Waals surface area contributed by atoms with Gasteiger partial charge in [0.05, 0.1) is 18.6 Å². The number of carbonyl (C=O) groups excluding carboxylic acids is 1. The molecule has 3 aromatic carbocycles. The highest BCUT2D eigenvalue weighted by Crippen LogP contribution is 2.44. The van der Waals surface area contributed by atoms with Crippen molar-refractivity contribution in [3.63, 3.8) is 0 Å². The lowest BCUT2D eigenvalue weighted by atomic mass is 9.98. The van der Waals surface area contributed by atoms with Gasteiger partial charge in [-0.25, -0.2) is 9.78 Å².